The molecule has 0 fully saturated rings. The summed E-state index contributed by atoms with van der Waals surface area (Å²) >= 11 is 1.66. The number of hydrogen-bond acceptors (Lipinski definition) is 3. The van der Waals surface area contributed by atoms with Crippen LogP contribution in [0.2, 0.25) is 0 Å². The SMILES string of the molecule is O=C(CC[C@H](c1ccccc1)n1c(-c2ccccc2)nc2cscc21)c1ccccc1. The molecule has 0 bridgehead atoms. The lowest BCUT2D eigenvalue weighted by atomic mass is 9.97. The molecule has 5 rings (SSSR count). The zero-order chi connectivity index (χ0) is 21.0. The number of aromatic nitrogens is 2. The molecule has 0 aliphatic rings. The minimum Gasteiger partial charge on any atom is -0.316 e. The van der Waals surface area contributed by atoms with Crippen molar-refractivity contribution in [3.05, 3.63) is 113 Å². The summed E-state index contributed by atoms with van der Waals surface area (Å²) < 4.78 is 2.31. The molecular formula is C27H22N2OS. The van der Waals surface area contributed by atoms with Gasteiger partial charge in [-0.1, -0.05) is 91.0 Å². The molecule has 0 aliphatic carbocycles. The van der Waals surface area contributed by atoms with Crippen LogP contribution in [0.5, 0.6) is 0 Å². The van der Waals surface area contributed by atoms with E-state index in [1.807, 2.05) is 54.6 Å². The molecule has 3 nitrogen and oxygen atoms in total. The highest BCUT2D eigenvalue weighted by molar-refractivity contribution is 7.09. The molecule has 0 radical (unpaired) electrons. The first kappa shape index (κ1) is 19.5. The summed E-state index contributed by atoms with van der Waals surface area (Å²) in [5.41, 5.74) is 5.15. The van der Waals surface area contributed by atoms with Crippen LogP contribution in [0.1, 0.15) is 34.8 Å². The van der Waals surface area contributed by atoms with E-state index in [9.17, 15) is 4.79 Å². The molecule has 31 heavy (non-hydrogen) atoms. The first-order chi connectivity index (χ1) is 15.3. The van der Waals surface area contributed by atoms with Crippen molar-refractivity contribution in [3.63, 3.8) is 0 Å². The zero-order valence-corrected chi connectivity index (χ0v) is 17.8. The van der Waals surface area contributed by atoms with Gasteiger partial charge in [0.05, 0.1) is 17.1 Å². The molecule has 0 N–H and O–H groups in total. The van der Waals surface area contributed by atoms with Gasteiger partial charge in [-0.3, -0.25) is 4.79 Å². The van der Waals surface area contributed by atoms with E-state index in [1.165, 1.54) is 5.56 Å². The Morgan fingerprint density at radius 1 is 0.839 bits per heavy atom. The molecule has 0 unspecified atom stereocenters. The smallest absolute Gasteiger partial charge is 0.162 e. The zero-order valence-electron chi connectivity index (χ0n) is 17.0. The molecular weight excluding hydrogens is 400 g/mol. The number of hydrogen-bond donors (Lipinski definition) is 0. The van der Waals surface area contributed by atoms with Gasteiger partial charge in [0.25, 0.3) is 0 Å². The van der Waals surface area contributed by atoms with Crippen molar-refractivity contribution >= 4 is 28.2 Å². The van der Waals surface area contributed by atoms with Crippen molar-refractivity contribution in [2.75, 3.05) is 0 Å². The molecule has 1 atom stereocenters. The van der Waals surface area contributed by atoms with E-state index >= 15 is 0 Å². The Morgan fingerprint density at radius 2 is 1.48 bits per heavy atom. The number of nitrogens with zero attached hydrogens (tertiary/aromatic N) is 2. The van der Waals surface area contributed by atoms with Crippen molar-refractivity contribution in [1.29, 1.82) is 0 Å². The van der Waals surface area contributed by atoms with Gasteiger partial charge in [0.2, 0.25) is 0 Å². The summed E-state index contributed by atoms with van der Waals surface area (Å²) in [4.78, 5) is 17.9. The molecule has 0 saturated heterocycles. The highest BCUT2D eigenvalue weighted by Crippen LogP contribution is 2.35. The lowest BCUT2D eigenvalue weighted by molar-refractivity contribution is 0.0976. The molecule has 2 heterocycles. The van der Waals surface area contributed by atoms with Crippen LogP contribution in [-0.2, 0) is 0 Å². The van der Waals surface area contributed by atoms with Crippen molar-refractivity contribution < 1.29 is 4.79 Å². The Labute approximate surface area is 185 Å². The topological polar surface area (TPSA) is 34.9 Å². The molecule has 4 heteroatoms. The summed E-state index contributed by atoms with van der Waals surface area (Å²) in [5, 5.41) is 4.25. The molecule has 5 aromatic rings. The van der Waals surface area contributed by atoms with E-state index in [4.69, 9.17) is 4.98 Å². The highest BCUT2D eigenvalue weighted by atomic mass is 32.1. The van der Waals surface area contributed by atoms with E-state index in [-0.39, 0.29) is 11.8 Å². The average Bonchev–Trinajstić information content (AvgIpc) is 3.43. The van der Waals surface area contributed by atoms with E-state index in [0.29, 0.717) is 12.8 Å². The second-order valence-electron chi connectivity index (χ2n) is 7.57. The number of ketones is 1. The molecule has 0 aliphatic heterocycles. The van der Waals surface area contributed by atoms with Crippen molar-refractivity contribution in [2.45, 2.75) is 18.9 Å². The minimum atomic E-state index is 0.0173. The maximum Gasteiger partial charge on any atom is 0.162 e. The number of fused-ring (bicyclic) bond motifs is 1. The highest BCUT2D eigenvalue weighted by Gasteiger charge is 2.23. The summed E-state index contributed by atoms with van der Waals surface area (Å²) in [6, 6.07) is 30.3. The van der Waals surface area contributed by atoms with Crippen LogP contribution < -0.4 is 0 Å². The van der Waals surface area contributed by atoms with Gasteiger partial charge in [0.15, 0.2) is 5.78 Å². The van der Waals surface area contributed by atoms with Crippen LogP contribution in [0.15, 0.2) is 102 Å². The largest absolute Gasteiger partial charge is 0.316 e. The number of thiophene rings is 1. The van der Waals surface area contributed by atoms with Crippen LogP contribution in [0, 0.1) is 0 Å². The Hall–Kier alpha value is -3.50. The van der Waals surface area contributed by atoms with Gasteiger partial charge in [-0.2, -0.15) is 0 Å². The Morgan fingerprint density at radius 3 is 2.19 bits per heavy atom. The summed E-state index contributed by atoms with van der Waals surface area (Å²) in [5.74, 6) is 1.11. The molecule has 3 aromatic carbocycles. The van der Waals surface area contributed by atoms with E-state index in [2.05, 4.69) is 51.7 Å². The molecule has 152 valence electrons. The monoisotopic (exact) mass is 422 g/mol. The molecule has 2 aromatic heterocycles. The Balaban J connectivity index is 1.58. The number of rotatable bonds is 7. The van der Waals surface area contributed by atoms with Crippen LogP contribution >= 0.6 is 11.3 Å². The standard InChI is InChI=1S/C27H22N2OS/c30-26(21-12-6-2-7-13-21)17-16-24(20-10-4-1-5-11-20)29-25-19-31-18-23(25)28-27(29)22-14-8-3-9-15-22/h1-15,18-19,24H,16-17H2/t24-/m1/s1. The Bertz CT molecular complexity index is 1290. The molecule has 0 amide bonds. The maximum absolute atomic E-state index is 12.9. The first-order valence-corrected chi connectivity index (χ1v) is 11.4. The van der Waals surface area contributed by atoms with Crippen molar-refractivity contribution in [3.8, 4) is 11.4 Å². The minimum absolute atomic E-state index is 0.0173. The van der Waals surface area contributed by atoms with Crippen molar-refractivity contribution in [2.24, 2.45) is 0 Å². The van der Waals surface area contributed by atoms with Gasteiger partial charge in [0, 0.05) is 28.3 Å². The fourth-order valence-electron chi connectivity index (χ4n) is 4.09. The van der Waals surface area contributed by atoms with Gasteiger partial charge in [-0.25, -0.2) is 4.98 Å². The van der Waals surface area contributed by atoms with E-state index < -0.39 is 0 Å². The Kier molecular flexibility index (Phi) is 5.46. The molecule has 0 saturated carbocycles. The third-order valence-corrected chi connectivity index (χ3v) is 6.32. The van der Waals surface area contributed by atoms with Gasteiger partial charge >= 0.3 is 0 Å². The summed E-state index contributed by atoms with van der Waals surface area (Å²) in [6.07, 6.45) is 1.18. The van der Waals surface area contributed by atoms with Crippen molar-refractivity contribution in [1.82, 2.24) is 9.55 Å². The third kappa shape index (κ3) is 3.94. The van der Waals surface area contributed by atoms with Gasteiger partial charge in [-0.15, -0.1) is 11.3 Å². The summed E-state index contributed by atoms with van der Waals surface area (Å²) in [6.45, 7) is 0. The van der Waals surface area contributed by atoms with E-state index in [1.54, 1.807) is 11.3 Å². The lowest BCUT2D eigenvalue weighted by Gasteiger charge is -2.22. The normalized spacial score (nSPS) is 12.1. The third-order valence-electron chi connectivity index (χ3n) is 5.60. The quantitative estimate of drug-likeness (QED) is 0.264. The molecule has 0 spiro atoms. The number of carbonyl (C=O) groups is 1. The predicted molar refractivity (Wildman–Crippen MR) is 128 cm³/mol. The van der Waals surface area contributed by atoms with Crippen LogP contribution in [0.4, 0.5) is 0 Å². The fourth-order valence-corrected chi connectivity index (χ4v) is 4.83. The first-order valence-electron chi connectivity index (χ1n) is 10.4. The number of imidazole rings is 1. The predicted octanol–water partition coefficient (Wildman–Crippen LogP) is 7.02. The lowest BCUT2D eigenvalue weighted by Crippen LogP contribution is -2.14. The van der Waals surface area contributed by atoms with Gasteiger partial charge < -0.3 is 4.57 Å². The number of benzene rings is 3. The van der Waals surface area contributed by atoms with E-state index in [0.717, 1.165) is 28.0 Å². The van der Waals surface area contributed by atoms with Gasteiger partial charge in [0.1, 0.15) is 5.82 Å². The fraction of sp³-hybridized carbons (Fsp3) is 0.111. The number of Topliss-reactive ketones (excluding diaryl/α,β-unsaturated/α-hetero) is 1. The van der Waals surface area contributed by atoms with Crippen LogP contribution in [-0.4, -0.2) is 15.3 Å². The summed E-state index contributed by atoms with van der Waals surface area (Å²) in [7, 11) is 0. The van der Waals surface area contributed by atoms with Crippen LogP contribution in [0.3, 0.4) is 0 Å². The number of carbonyl (C=O) groups excluding carboxylic acids is 1. The second-order valence-corrected chi connectivity index (χ2v) is 8.31. The van der Waals surface area contributed by atoms with Gasteiger partial charge in [-0.05, 0) is 12.0 Å². The second kappa shape index (κ2) is 8.70. The van der Waals surface area contributed by atoms with Crippen LogP contribution in [0.25, 0.3) is 22.4 Å². The average molecular weight is 423 g/mol. The maximum atomic E-state index is 12.9.